The summed E-state index contributed by atoms with van der Waals surface area (Å²) in [6, 6.07) is 0.145. The van der Waals surface area contributed by atoms with E-state index in [-0.39, 0.29) is 12.0 Å². The Morgan fingerprint density at radius 2 is 1.95 bits per heavy atom. The molecule has 1 aromatic heterocycles. The fraction of sp³-hybridized carbons (Fsp3) is 0.800. The second-order valence-electron chi connectivity index (χ2n) is 6.48. The fourth-order valence-electron chi connectivity index (χ4n) is 3.74. The second kappa shape index (κ2) is 5.40. The summed E-state index contributed by atoms with van der Waals surface area (Å²) in [6.45, 7) is 3.56. The number of aromatic nitrogens is 3. The van der Waals surface area contributed by atoms with E-state index in [1.165, 1.54) is 19.3 Å². The lowest BCUT2D eigenvalue weighted by atomic mass is 9.95. The molecule has 6 heteroatoms. The number of rotatable bonds is 2. The summed E-state index contributed by atoms with van der Waals surface area (Å²) in [5.74, 6) is 2.63. The molecule has 1 unspecified atom stereocenters. The van der Waals surface area contributed by atoms with E-state index in [4.69, 9.17) is 0 Å². The van der Waals surface area contributed by atoms with E-state index in [1.807, 2.05) is 0 Å². The number of carbonyl (C=O) groups is 1. The molecular weight excluding hydrogens is 266 g/mol. The van der Waals surface area contributed by atoms with Crippen molar-refractivity contribution in [3.05, 3.63) is 11.6 Å². The summed E-state index contributed by atoms with van der Waals surface area (Å²) in [5.41, 5.74) is 0. The third-order valence-corrected chi connectivity index (χ3v) is 5.10. The quantitative estimate of drug-likeness (QED) is 0.878. The van der Waals surface area contributed by atoms with Gasteiger partial charge in [-0.15, -0.1) is 10.2 Å². The highest BCUT2D eigenvalue weighted by Gasteiger charge is 2.37. The Balaban J connectivity index is 1.61. The van der Waals surface area contributed by atoms with E-state index in [0.29, 0.717) is 5.91 Å². The van der Waals surface area contributed by atoms with Crippen molar-refractivity contribution in [2.75, 3.05) is 19.6 Å². The Morgan fingerprint density at radius 1 is 1.10 bits per heavy atom. The maximum atomic E-state index is 12.7. The van der Waals surface area contributed by atoms with E-state index >= 15 is 0 Å². The summed E-state index contributed by atoms with van der Waals surface area (Å²) in [5, 5.41) is 12.0. The van der Waals surface area contributed by atoms with Crippen molar-refractivity contribution in [3.8, 4) is 0 Å². The predicted octanol–water partition coefficient (Wildman–Crippen LogP) is 0.887. The van der Waals surface area contributed by atoms with Crippen molar-refractivity contribution < 1.29 is 4.79 Å². The minimum atomic E-state index is 0.145. The van der Waals surface area contributed by atoms with Crippen LogP contribution in [0.1, 0.15) is 49.8 Å². The zero-order chi connectivity index (χ0) is 14.2. The maximum Gasteiger partial charge on any atom is 0.228 e. The molecule has 1 aromatic rings. The number of amides is 1. The minimum absolute atomic E-state index is 0.145. The fourth-order valence-corrected chi connectivity index (χ4v) is 3.74. The van der Waals surface area contributed by atoms with Gasteiger partial charge in [0.25, 0.3) is 0 Å². The lowest BCUT2D eigenvalue weighted by molar-refractivity contribution is -0.141. The van der Waals surface area contributed by atoms with Crippen LogP contribution in [0.5, 0.6) is 0 Å². The third kappa shape index (κ3) is 2.25. The smallest absolute Gasteiger partial charge is 0.228 e. The summed E-state index contributed by atoms with van der Waals surface area (Å²) in [7, 11) is 0. The van der Waals surface area contributed by atoms with E-state index in [1.54, 1.807) is 0 Å². The largest absolute Gasteiger partial charge is 0.332 e. The molecule has 0 aromatic carbocycles. The van der Waals surface area contributed by atoms with Crippen LogP contribution in [-0.2, 0) is 17.8 Å². The van der Waals surface area contributed by atoms with Gasteiger partial charge in [-0.1, -0.05) is 0 Å². The maximum absolute atomic E-state index is 12.7. The van der Waals surface area contributed by atoms with Crippen molar-refractivity contribution >= 4 is 5.91 Å². The van der Waals surface area contributed by atoms with Crippen LogP contribution >= 0.6 is 0 Å². The van der Waals surface area contributed by atoms with Gasteiger partial charge in [-0.3, -0.25) is 4.79 Å². The SMILES string of the molecule is O=C(C1CNC1)N1CCCCC1c1nnc2n1CCCC2. The molecule has 1 N–H and O–H groups in total. The number of hydrogen-bond acceptors (Lipinski definition) is 4. The van der Waals surface area contributed by atoms with Crippen molar-refractivity contribution in [1.82, 2.24) is 25.0 Å². The Morgan fingerprint density at radius 3 is 2.76 bits per heavy atom. The second-order valence-corrected chi connectivity index (χ2v) is 6.48. The molecule has 4 heterocycles. The standard InChI is InChI=1S/C15H23N5O/c21-15(11-9-16-10-11)19-7-3-1-5-12(19)14-18-17-13-6-2-4-8-20(13)14/h11-12,16H,1-10H2. The van der Waals surface area contributed by atoms with Gasteiger partial charge in [0.05, 0.1) is 12.0 Å². The highest BCUT2D eigenvalue weighted by molar-refractivity contribution is 5.80. The molecule has 0 spiro atoms. The van der Waals surface area contributed by atoms with Crippen LogP contribution in [0.3, 0.4) is 0 Å². The van der Waals surface area contributed by atoms with Gasteiger partial charge in [0.15, 0.2) is 5.82 Å². The monoisotopic (exact) mass is 289 g/mol. The third-order valence-electron chi connectivity index (χ3n) is 5.10. The number of likely N-dealkylation sites (tertiary alicyclic amines) is 1. The van der Waals surface area contributed by atoms with Gasteiger partial charge < -0.3 is 14.8 Å². The number of piperidine rings is 1. The molecule has 0 bridgehead atoms. The lowest BCUT2D eigenvalue weighted by Gasteiger charge is -2.39. The van der Waals surface area contributed by atoms with Crippen LogP contribution in [0.4, 0.5) is 0 Å². The first-order chi connectivity index (χ1) is 10.3. The lowest BCUT2D eigenvalue weighted by Crippen LogP contribution is -2.53. The van der Waals surface area contributed by atoms with Gasteiger partial charge in [-0.2, -0.15) is 0 Å². The highest BCUT2D eigenvalue weighted by Crippen LogP contribution is 2.33. The van der Waals surface area contributed by atoms with E-state index in [2.05, 4.69) is 25.0 Å². The van der Waals surface area contributed by atoms with Crippen LogP contribution in [0.25, 0.3) is 0 Å². The first-order valence-electron chi connectivity index (χ1n) is 8.28. The average Bonchev–Trinajstić information content (AvgIpc) is 2.89. The van der Waals surface area contributed by atoms with Gasteiger partial charge in [0.1, 0.15) is 5.82 Å². The van der Waals surface area contributed by atoms with Gasteiger partial charge in [0, 0.05) is 32.6 Å². The molecule has 4 rings (SSSR count). The molecule has 2 fully saturated rings. The molecule has 0 saturated carbocycles. The van der Waals surface area contributed by atoms with Crippen LogP contribution in [0.15, 0.2) is 0 Å². The molecular formula is C15H23N5O. The number of nitrogens with one attached hydrogen (secondary N) is 1. The predicted molar refractivity (Wildman–Crippen MR) is 77.6 cm³/mol. The molecule has 1 atom stereocenters. The molecule has 1 amide bonds. The Labute approximate surface area is 124 Å². The molecule has 6 nitrogen and oxygen atoms in total. The number of fused-ring (bicyclic) bond motifs is 1. The number of aryl methyl sites for hydroxylation is 1. The Bertz CT molecular complexity index is 536. The van der Waals surface area contributed by atoms with Gasteiger partial charge in [-0.25, -0.2) is 0 Å². The van der Waals surface area contributed by atoms with Crippen LogP contribution in [-0.4, -0.2) is 45.2 Å². The first-order valence-corrected chi connectivity index (χ1v) is 8.28. The topological polar surface area (TPSA) is 63.1 Å². The highest BCUT2D eigenvalue weighted by atomic mass is 16.2. The number of carbonyl (C=O) groups excluding carboxylic acids is 1. The van der Waals surface area contributed by atoms with E-state index < -0.39 is 0 Å². The van der Waals surface area contributed by atoms with Crippen molar-refractivity contribution in [2.45, 2.75) is 51.1 Å². The van der Waals surface area contributed by atoms with Crippen LogP contribution in [0, 0.1) is 5.92 Å². The number of nitrogens with zero attached hydrogens (tertiary/aromatic N) is 4. The minimum Gasteiger partial charge on any atom is -0.332 e. The van der Waals surface area contributed by atoms with E-state index in [9.17, 15) is 4.79 Å². The molecule has 0 radical (unpaired) electrons. The van der Waals surface area contributed by atoms with Gasteiger partial charge >= 0.3 is 0 Å². The summed E-state index contributed by atoms with van der Waals surface area (Å²) < 4.78 is 2.28. The number of hydrogen-bond donors (Lipinski definition) is 1. The summed E-state index contributed by atoms with van der Waals surface area (Å²) in [6.07, 6.45) is 6.76. The molecule has 3 aliphatic rings. The Hall–Kier alpha value is -1.43. The average molecular weight is 289 g/mol. The van der Waals surface area contributed by atoms with Crippen LogP contribution in [0.2, 0.25) is 0 Å². The molecule has 21 heavy (non-hydrogen) atoms. The van der Waals surface area contributed by atoms with Gasteiger partial charge in [-0.05, 0) is 32.1 Å². The van der Waals surface area contributed by atoms with Crippen molar-refractivity contribution in [1.29, 1.82) is 0 Å². The zero-order valence-electron chi connectivity index (χ0n) is 12.4. The normalized spacial score (nSPS) is 26.3. The Kier molecular flexibility index (Phi) is 3.41. The molecule has 0 aliphatic carbocycles. The molecule has 114 valence electrons. The van der Waals surface area contributed by atoms with Gasteiger partial charge in [0.2, 0.25) is 5.91 Å². The zero-order valence-corrected chi connectivity index (χ0v) is 12.4. The van der Waals surface area contributed by atoms with Crippen molar-refractivity contribution in [2.24, 2.45) is 5.92 Å². The summed E-state index contributed by atoms with van der Waals surface area (Å²) in [4.78, 5) is 14.8. The summed E-state index contributed by atoms with van der Waals surface area (Å²) >= 11 is 0. The van der Waals surface area contributed by atoms with E-state index in [0.717, 1.165) is 57.1 Å². The van der Waals surface area contributed by atoms with Crippen molar-refractivity contribution in [3.63, 3.8) is 0 Å². The first kappa shape index (κ1) is 13.2. The molecule has 3 aliphatic heterocycles. The van der Waals surface area contributed by atoms with Crippen LogP contribution < -0.4 is 5.32 Å². The molecule has 2 saturated heterocycles.